The largest absolute Gasteiger partial charge is 0.358 e. The van der Waals surface area contributed by atoms with Crippen molar-refractivity contribution in [2.24, 2.45) is 0 Å². The molecule has 27 heavy (non-hydrogen) atoms. The molecule has 0 saturated carbocycles. The van der Waals surface area contributed by atoms with Crippen LogP contribution in [-0.2, 0) is 11.3 Å². The molecule has 1 amide bonds. The van der Waals surface area contributed by atoms with Gasteiger partial charge in [-0.05, 0) is 42.4 Å². The lowest BCUT2D eigenvalue weighted by Gasteiger charge is -2.16. The van der Waals surface area contributed by atoms with Crippen molar-refractivity contribution in [3.63, 3.8) is 0 Å². The van der Waals surface area contributed by atoms with E-state index in [1.54, 1.807) is 4.90 Å². The van der Waals surface area contributed by atoms with Crippen molar-refractivity contribution in [2.45, 2.75) is 19.4 Å². The van der Waals surface area contributed by atoms with Gasteiger partial charge in [-0.1, -0.05) is 23.7 Å². The molecule has 1 aliphatic rings. The van der Waals surface area contributed by atoms with Crippen LogP contribution in [0, 0.1) is 10.1 Å². The van der Waals surface area contributed by atoms with E-state index in [2.05, 4.69) is 10.6 Å². The quantitative estimate of drug-likeness (QED) is 0.447. The van der Waals surface area contributed by atoms with Crippen LogP contribution in [0.1, 0.15) is 18.4 Å². The third-order valence-electron chi connectivity index (χ3n) is 4.18. The van der Waals surface area contributed by atoms with Gasteiger partial charge in [0.15, 0.2) is 5.11 Å². The molecule has 2 aromatic rings. The van der Waals surface area contributed by atoms with Crippen LogP contribution in [0.25, 0.3) is 0 Å². The number of carbonyl (C=O) groups excluding carboxylic acids is 1. The average molecular weight is 405 g/mol. The molecule has 9 heteroatoms. The van der Waals surface area contributed by atoms with Crippen molar-refractivity contribution in [1.82, 2.24) is 5.32 Å². The van der Waals surface area contributed by atoms with Gasteiger partial charge < -0.3 is 15.5 Å². The second kappa shape index (κ2) is 8.32. The Bertz CT molecular complexity index is 889. The Balaban J connectivity index is 1.57. The van der Waals surface area contributed by atoms with Gasteiger partial charge in [0, 0.05) is 37.3 Å². The number of benzene rings is 2. The molecule has 0 atom stereocenters. The maximum Gasteiger partial charge on any atom is 0.271 e. The van der Waals surface area contributed by atoms with Gasteiger partial charge in [-0.3, -0.25) is 14.9 Å². The summed E-state index contributed by atoms with van der Waals surface area (Å²) in [7, 11) is 0. The fourth-order valence-electron chi connectivity index (χ4n) is 2.79. The van der Waals surface area contributed by atoms with Gasteiger partial charge >= 0.3 is 0 Å². The monoisotopic (exact) mass is 404 g/mol. The molecule has 0 spiro atoms. The minimum absolute atomic E-state index is 0.0725. The maximum atomic E-state index is 11.8. The van der Waals surface area contributed by atoms with E-state index in [4.69, 9.17) is 23.8 Å². The number of rotatable bonds is 5. The average Bonchev–Trinajstić information content (AvgIpc) is 3.08. The highest BCUT2D eigenvalue weighted by molar-refractivity contribution is 7.80. The van der Waals surface area contributed by atoms with Crippen LogP contribution in [0.2, 0.25) is 5.02 Å². The van der Waals surface area contributed by atoms with Crippen LogP contribution in [0.3, 0.4) is 0 Å². The SMILES string of the molecule is O=C1CCCN1c1ccc(CNC(=S)Nc2cc([N+](=O)[O-])ccc2Cl)cc1. The number of hydrogen-bond acceptors (Lipinski definition) is 4. The van der Waals surface area contributed by atoms with E-state index in [0.29, 0.717) is 28.8 Å². The van der Waals surface area contributed by atoms with Crippen molar-refractivity contribution < 1.29 is 9.72 Å². The molecule has 0 bridgehead atoms. The summed E-state index contributed by atoms with van der Waals surface area (Å²) < 4.78 is 0. The Morgan fingerprint density at radius 3 is 2.63 bits per heavy atom. The molecule has 0 aliphatic carbocycles. The lowest BCUT2D eigenvalue weighted by atomic mass is 10.2. The molecular weight excluding hydrogens is 388 g/mol. The first kappa shape index (κ1) is 19.1. The summed E-state index contributed by atoms with van der Waals surface area (Å²) >= 11 is 11.3. The van der Waals surface area contributed by atoms with Crippen molar-refractivity contribution in [3.8, 4) is 0 Å². The summed E-state index contributed by atoms with van der Waals surface area (Å²) in [6.07, 6.45) is 1.49. The molecule has 3 rings (SSSR count). The predicted octanol–water partition coefficient (Wildman–Crippen LogP) is 3.86. The van der Waals surface area contributed by atoms with Crippen molar-refractivity contribution >= 4 is 51.9 Å². The second-order valence-electron chi connectivity index (χ2n) is 6.04. The molecule has 2 N–H and O–H groups in total. The van der Waals surface area contributed by atoms with Gasteiger partial charge in [-0.2, -0.15) is 0 Å². The third kappa shape index (κ3) is 4.72. The Kier molecular flexibility index (Phi) is 5.88. The van der Waals surface area contributed by atoms with Gasteiger partial charge in [0.2, 0.25) is 5.91 Å². The fraction of sp³-hybridized carbons (Fsp3) is 0.222. The van der Waals surface area contributed by atoms with E-state index in [-0.39, 0.29) is 11.6 Å². The van der Waals surface area contributed by atoms with Gasteiger partial charge in [-0.25, -0.2) is 0 Å². The number of amides is 1. The van der Waals surface area contributed by atoms with Crippen molar-refractivity contribution in [3.05, 3.63) is 63.2 Å². The maximum absolute atomic E-state index is 11.8. The molecule has 1 heterocycles. The molecule has 0 aromatic heterocycles. The standard InChI is InChI=1S/C18H17ClN4O3S/c19-15-8-7-14(23(25)26)10-16(15)21-18(27)20-11-12-3-5-13(6-4-12)22-9-1-2-17(22)24/h3-8,10H,1-2,9,11H2,(H2,20,21,27). The molecule has 7 nitrogen and oxygen atoms in total. The van der Waals surface area contributed by atoms with Crippen molar-refractivity contribution in [2.75, 3.05) is 16.8 Å². The smallest absolute Gasteiger partial charge is 0.271 e. The minimum atomic E-state index is -0.495. The molecule has 0 radical (unpaired) electrons. The first-order chi connectivity index (χ1) is 12.9. The topological polar surface area (TPSA) is 87.5 Å². The number of halogens is 1. The zero-order chi connectivity index (χ0) is 19.4. The first-order valence-corrected chi connectivity index (χ1v) is 9.11. The van der Waals surface area contributed by atoms with Gasteiger partial charge in [0.25, 0.3) is 5.69 Å². The van der Waals surface area contributed by atoms with Crippen LogP contribution in [-0.4, -0.2) is 22.5 Å². The fourth-order valence-corrected chi connectivity index (χ4v) is 3.13. The highest BCUT2D eigenvalue weighted by Gasteiger charge is 2.21. The zero-order valence-electron chi connectivity index (χ0n) is 14.3. The number of carbonyl (C=O) groups is 1. The van der Waals surface area contributed by atoms with Gasteiger partial charge in [0.1, 0.15) is 0 Å². The molecule has 1 aliphatic heterocycles. The van der Waals surface area contributed by atoms with E-state index in [9.17, 15) is 14.9 Å². The summed E-state index contributed by atoms with van der Waals surface area (Å²) in [6, 6.07) is 11.8. The van der Waals surface area contributed by atoms with Crippen LogP contribution in [0.15, 0.2) is 42.5 Å². The molecule has 140 valence electrons. The van der Waals surface area contributed by atoms with Crippen LogP contribution in [0.4, 0.5) is 17.1 Å². The Hall–Kier alpha value is -2.71. The summed E-state index contributed by atoms with van der Waals surface area (Å²) in [5.74, 6) is 0.153. The first-order valence-electron chi connectivity index (χ1n) is 8.32. The number of non-ortho nitro benzene ring substituents is 1. The highest BCUT2D eigenvalue weighted by atomic mass is 35.5. The summed E-state index contributed by atoms with van der Waals surface area (Å²) in [5, 5.41) is 17.4. The van der Waals surface area contributed by atoms with E-state index in [1.807, 2.05) is 24.3 Å². The normalized spacial score (nSPS) is 13.5. The van der Waals surface area contributed by atoms with Gasteiger partial charge in [-0.15, -0.1) is 0 Å². The number of nitrogens with one attached hydrogen (secondary N) is 2. The number of anilines is 2. The van der Waals surface area contributed by atoms with Gasteiger partial charge in [0.05, 0.1) is 15.6 Å². The minimum Gasteiger partial charge on any atom is -0.358 e. The number of nitro benzene ring substituents is 1. The Morgan fingerprint density at radius 2 is 2.00 bits per heavy atom. The van der Waals surface area contributed by atoms with E-state index < -0.39 is 4.92 Å². The third-order valence-corrected chi connectivity index (χ3v) is 4.76. The van der Waals surface area contributed by atoms with Crippen LogP contribution < -0.4 is 15.5 Å². The Labute approximate surface area is 166 Å². The summed E-state index contributed by atoms with van der Waals surface area (Å²) in [5.41, 5.74) is 2.17. The highest BCUT2D eigenvalue weighted by Crippen LogP contribution is 2.26. The predicted molar refractivity (Wildman–Crippen MR) is 109 cm³/mol. The second-order valence-corrected chi connectivity index (χ2v) is 6.86. The number of nitro groups is 1. The zero-order valence-corrected chi connectivity index (χ0v) is 15.8. The van der Waals surface area contributed by atoms with Crippen LogP contribution in [0.5, 0.6) is 0 Å². The molecular formula is C18H17ClN4O3S. The molecule has 1 saturated heterocycles. The molecule has 1 fully saturated rings. The number of thiocarbonyl (C=S) groups is 1. The van der Waals surface area contributed by atoms with Crippen LogP contribution >= 0.6 is 23.8 Å². The summed E-state index contributed by atoms with van der Waals surface area (Å²) in [6.45, 7) is 1.22. The number of hydrogen-bond donors (Lipinski definition) is 2. The summed E-state index contributed by atoms with van der Waals surface area (Å²) in [4.78, 5) is 23.9. The Morgan fingerprint density at radius 1 is 1.26 bits per heavy atom. The van der Waals surface area contributed by atoms with Crippen molar-refractivity contribution in [1.29, 1.82) is 0 Å². The number of nitrogens with zero attached hydrogens (tertiary/aromatic N) is 2. The lowest BCUT2D eigenvalue weighted by Crippen LogP contribution is -2.28. The van der Waals surface area contributed by atoms with E-state index in [0.717, 1.165) is 24.2 Å². The van der Waals surface area contributed by atoms with E-state index >= 15 is 0 Å². The van der Waals surface area contributed by atoms with E-state index in [1.165, 1.54) is 18.2 Å². The molecule has 2 aromatic carbocycles. The lowest BCUT2D eigenvalue weighted by molar-refractivity contribution is -0.384. The molecule has 0 unspecified atom stereocenters.